The molecule has 25 heavy (non-hydrogen) atoms. The topological polar surface area (TPSA) is 24.8 Å². The molecule has 2 aromatic carbocycles. The fourth-order valence-electron chi connectivity index (χ4n) is 3.49. The maximum atomic E-state index is 6.35. The Kier molecular flexibility index (Phi) is 3.64. The average molecular weight is 411 g/mol. The van der Waals surface area contributed by atoms with Crippen LogP contribution in [0.4, 0.5) is 0 Å². The molecule has 2 atom stereocenters. The molecule has 3 aromatic rings. The quantitative estimate of drug-likeness (QED) is 0.536. The van der Waals surface area contributed by atoms with E-state index < -0.39 is 0 Å². The highest BCUT2D eigenvalue weighted by Gasteiger charge is 2.41. The van der Waals surface area contributed by atoms with Crippen LogP contribution in [-0.4, -0.2) is 10.7 Å². The zero-order valence-electron chi connectivity index (χ0n) is 13.3. The molecule has 0 spiro atoms. The van der Waals surface area contributed by atoms with E-state index in [0.717, 1.165) is 27.9 Å². The van der Waals surface area contributed by atoms with Crippen LogP contribution in [0.15, 0.2) is 75.6 Å². The molecule has 0 aliphatic carbocycles. The minimum atomic E-state index is -0.197. The van der Waals surface area contributed by atoms with Crippen LogP contribution in [0.3, 0.4) is 0 Å². The van der Waals surface area contributed by atoms with Crippen LogP contribution in [0.25, 0.3) is 0 Å². The van der Waals surface area contributed by atoms with Crippen LogP contribution in [0.5, 0.6) is 5.75 Å². The number of ether oxygens (including phenoxy) is 1. The predicted molar refractivity (Wildman–Crippen MR) is 104 cm³/mol. The molecule has 0 bridgehead atoms. The van der Waals surface area contributed by atoms with Gasteiger partial charge in [0.2, 0.25) is 6.23 Å². The highest BCUT2D eigenvalue weighted by atomic mass is 79.9. The Morgan fingerprint density at radius 1 is 1.08 bits per heavy atom. The summed E-state index contributed by atoms with van der Waals surface area (Å²) in [7, 11) is 0. The van der Waals surface area contributed by atoms with Crippen LogP contribution in [0, 0.1) is 0 Å². The second kappa shape index (κ2) is 6.00. The minimum Gasteiger partial charge on any atom is -0.464 e. The van der Waals surface area contributed by atoms with Gasteiger partial charge in [0.05, 0.1) is 16.6 Å². The van der Waals surface area contributed by atoms with E-state index in [1.54, 1.807) is 11.3 Å². The third-order valence-electron chi connectivity index (χ3n) is 4.64. The number of hydrogen-bond acceptors (Lipinski definition) is 4. The molecular weight excluding hydrogens is 396 g/mol. The predicted octanol–water partition coefficient (Wildman–Crippen LogP) is 5.75. The number of fused-ring (bicyclic) bond motifs is 3. The molecule has 2 aliphatic rings. The Morgan fingerprint density at radius 2 is 1.96 bits per heavy atom. The summed E-state index contributed by atoms with van der Waals surface area (Å²) in [5.74, 6) is 0.945. The van der Waals surface area contributed by atoms with Gasteiger partial charge in [0.15, 0.2) is 0 Å². The lowest BCUT2D eigenvalue weighted by molar-refractivity contribution is -0.0190. The second-order valence-corrected chi connectivity index (χ2v) is 8.05. The molecule has 5 heteroatoms. The lowest BCUT2D eigenvalue weighted by atomic mass is 9.98. The Bertz CT molecular complexity index is 940. The summed E-state index contributed by atoms with van der Waals surface area (Å²) in [4.78, 5) is 1.23. The normalized spacial score (nSPS) is 21.3. The van der Waals surface area contributed by atoms with Crippen LogP contribution < -0.4 is 4.74 Å². The maximum Gasteiger partial charge on any atom is 0.213 e. The Hall–Kier alpha value is -2.11. The third kappa shape index (κ3) is 2.58. The van der Waals surface area contributed by atoms with Crippen molar-refractivity contribution in [1.82, 2.24) is 5.01 Å². The van der Waals surface area contributed by atoms with Gasteiger partial charge in [-0.05, 0) is 29.6 Å². The number of rotatable bonds is 2. The van der Waals surface area contributed by atoms with E-state index in [0.29, 0.717) is 0 Å². The second-order valence-electron chi connectivity index (χ2n) is 6.19. The van der Waals surface area contributed by atoms with Gasteiger partial charge in [-0.1, -0.05) is 52.3 Å². The zero-order valence-corrected chi connectivity index (χ0v) is 15.7. The number of halogens is 1. The van der Waals surface area contributed by atoms with E-state index in [4.69, 9.17) is 9.84 Å². The van der Waals surface area contributed by atoms with Gasteiger partial charge in [-0.15, -0.1) is 11.3 Å². The van der Waals surface area contributed by atoms with Gasteiger partial charge in [0.1, 0.15) is 5.75 Å². The van der Waals surface area contributed by atoms with E-state index >= 15 is 0 Å². The fraction of sp³-hybridized carbons (Fsp3) is 0.150. The molecule has 1 aromatic heterocycles. The molecule has 0 N–H and O–H groups in total. The first kappa shape index (κ1) is 15.2. The molecule has 2 aliphatic heterocycles. The van der Waals surface area contributed by atoms with E-state index in [9.17, 15) is 0 Å². The molecular formula is C20H15BrN2OS. The van der Waals surface area contributed by atoms with Crippen molar-refractivity contribution in [3.8, 4) is 5.75 Å². The van der Waals surface area contributed by atoms with Crippen LogP contribution >= 0.6 is 27.3 Å². The van der Waals surface area contributed by atoms with Gasteiger partial charge in [0, 0.05) is 22.0 Å². The molecule has 0 saturated heterocycles. The first-order valence-electron chi connectivity index (χ1n) is 8.20. The van der Waals surface area contributed by atoms with Gasteiger partial charge in [-0.2, -0.15) is 5.10 Å². The number of nitrogens with zero attached hydrogens (tertiary/aromatic N) is 2. The number of hydrogen-bond donors (Lipinski definition) is 0. The first-order chi connectivity index (χ1) is 12.3. The molecule has 3 nitrogen and oxygen atoms in total. The van der Waals surface area contributed by atoms with Crippen molar-refractivity contribution in [3.63, 3.8) is 0 Å². The average Bonchev–Trinajstić information content (AvgIpc) is 3.31. The highest BCUT2D eigenvalue weighted by Crippen LogP contribution is 2.48. The Morgan fingerprint density at radius 3 is 2.76 bits per heavy atom. The van der Waals surface area contributed by atoms with Crippen molar-refractivity contribution >= 4 is 33.0 Å². The van der Waals surface area contributed by atoms with Crippen LogP contribution in [-0.2, 0) is 0 Å². The van der Waals surface area contributed by atoms with E-state index in [1.165, 1.54) is 10.4 Å². The van der Waals surface area contributed by atoms with Gasteiger partial charge in [-0.25, -0.2) is 5.01 Å². The molecule has 0 unspecified atom stereocenters. The summed E-state index contributed by atoms with van der Waals surface area (Å²) in [5, 5.41) is 9.19. The largest absolute Gasteiger partial charge is 0.464 e. The fourth-order valence-corrected chi connectivity index (χ4v) is 4.59. The van der Waals surface area contributed by atoms with Crippen molar-refractivity contribution in [3.05, 3.63) is 86.5 Å². The van der Waals surface area contributed by atoms with Crippen molar-refractivity contribution in [2.45, 2.75) is 18.7 Å². The molecule has 3 heterocycles. The molecule has 0 radical (unpaired) electrons. The van der Waals surface area contributed by atoms with Gasteiger partial charge >= 0.3 is 0 Å². The summed E-state index contributed by atoms with van der Waals surface area (Å²) in [6.07, 6.45) is 0.703. The van der Waals surface area contributed by atoms with E-state index in [-0.39, 0.29) is 12.3 Å². The van der Waals surface area contributed by atoms with Crippen molar-refractivity contribution in [1.29, 1.82) is 0 Å². The summed E-state index contributed by atoms with van der Waals surface area (Å²) >= 11 is 5.33. The lowest BCUT2D eigenvalue weighted by Crippen LogP contribution is -2.33. The zero-order chi connectivity index (χ0) is 16.8. The molecule has 124 valence electrons. The van der Waals surface area contributed by atoms with Crippen molar-refractivity contribution < 1.29 is 4.74 Å². The summed E-state index contributed by atoms with van der Waals surface area (Å²) in [6.45, 7) is 0. The summed E-state index contributed by atoms with van der Waals surface area (Å²) in [5.41, 5.74) is 3.45. The Labute approximate surface area is 158 Å². The van der Waals surface area contributed by atoms with Gasteiger partial charge in [0.25, 0.3) is 0 Å². The molecule has 0 fully saturated rings. The van der Waals surface area contributed by atoms with Crippen molar-refractivity contribution in [2.24, 2.45) is 5.10 Å². The molecule has 0 amide bonds. The van der Waals surface area contributed by atoms with Crippen LogP contribution in [0.1, 0.15) is 34.7 Å². The summed E-state index contributed by atoms with van der Waals surface area (Å²) in [6, 6.07) is 21.0. The van der Waals surface area contributed by atoms with E-state index in [1.807, 2.05) is 24.3 Å². The lowest BCUT2D eigenvalue weighted by Gasteiger charge is -2.38. The number of hydrazone groups is 1. The standard InChI is InChI=1S/C20H15BrN2OS/c21-14-8-9-18-15(11-14)17-12-16(19-7-4-10-25-19)22-23(17)20(24-18)13-5-2-1-3-6-13/h1-11,17,20H,12H2/t17-,20+/m0/s1. The van der Waals surface area contributed by atoms with Crippen LogP contribution in [0.2, 0.25) is 0 Å². The third-order valence-corrected chi connectivity index (χ3v) is 6.05. The number of thiophene rings is 1. The minimum absolute atomic E-state index is 0.197. The van der Waals surface area contributed by atoms with Gasteiger partial charge < -0.3 is 4.74 Å². The van der Waals surface area contributed by atoms with Crippen molar-refractivity contribution in [2.75, 3.05) is 0 Å². The molecule has 5 rings (SSSR count). The van der Waals surface area contributed by atoms with Gasteiger partial charge in [-0.3, -0.25) is 0 Å². The first-order valence-corrected chi connectivity index (χ1v) is 9.87. The SMILES string of the molecule is Brc1ccc2c(c1)[C@@H]1CC(c3cccs3)=NN1[C@@H](c1ccccc1)O2. The molecule has 0 saturated carbocycles. The maximum absolute atomic E-state index is 6.35. The highest BCUT2D eigenvalue weighted by molar-refractivity contribution is 9.10. The summed E-state index contributed by atoms with van der Waals surface area (Å²) < 4.78 is 7.42. The number of benzene rings is 2. The monoisotopic (exact) mass is 410 g/mol. The Balaban J connectivity index is 1.62. The smallest absolute Gasteiger partial charge is 0.213 e. The van der Waals surface area contributed by atoms with E-state index in [2.05, 4.69) is 62.7 Å².